The Morgan fingerprint density at radius 2 is 2.36 bits per heavy atom. The number of hydrogen-bond acceptors (Lipinski definition) is 2. The van der Waals surface area contributed by atoms with Gasteiger partial charge in [-0.15, -0.1) is 0 Å². The van der Waals surface area contributed by atoms with Gasteiger partial charge in [-0.2, -0.15) is 0 Å². The Kier molecular flexibility index (Phi) is 2.26. The predicted octanol–water partition coefficient (Wildman–Crippen LogP) is 1.42. The van der Waals surface area contributed by atoms with Crippen molar-refractivity contribution < 1.29 is 0 Å². The first-order chi connectivity index (χ1) is 5.25. The molecule has 11 heavy (non-hydrogen) atoms. The minimum atomic E-state index is 0.605. The normalized spacial score (nSPS) is 21.7. The third-order valence-corrected chi connectivity index (χ3v) is 1.55. The Bertz CT molecular complexity index is 257. The van der Waals surface area contributed by atoms with E-state index in [1.54, 1.807) is 0 Å². The van der Waals surface area contributed by atoms with Crippen LogP contribution in [0.2, 0.25) is 0 Å². The van der Waals surface area contributed by atoms with Crippen molar-refractivity contribution in [3.05, 3.63) is 36.0 Å². The van der Waals surface area contributed by atoms with Crippen LogP contribution in [0.5, 0.6) is 0 Å². The van der Waals surface area contributed by atoms with Gasteiger partial charge in [0, 0.05) is 5.57 Å². The van der Waals surface area contributed by atoms with Crippen molar-refractivity contribution in [2.45, 2.75) is 6.92 Å². The van der Waals surface area contributed by atoms with Crippen molar-refractivity contribution in [1.29, 1.82) is 0 Å². The monoisotopic (exact) mass is 148 g/mol. The lowest BCUT2D eigenvalue weighted by Gasteiger charge is -1.95. The lowest BCUT2D eigenvalue weighted by Crippen LogP contribution is -2.10. The zero-order valence-corrected chi connectivity index (χ0v) is 6.67. The summed E-state index contributed by atoms with van der Waals surface area (Å²) in [5.74, 6) is 0.605. The van der Waals surface area contributed by atoms with Crippen LogP contribution in [0.1, 0.15) is 6.92 Å². The van der Waals surface area contributed by atoms with Crippen LogP contribution in [0.4, 0.5) is 0 Å². The van der Waals surface area contributed by atoms with Gasteiger partial charge in [-0.25, -0.2) is 0 Å². The van der Waals surface area contributed by atoms with E-state index in [0.29, 0.717) is 12.4 Å². The molecule has 1 rings (SSSR count). The molecule has 2 N–H and O–H groups in total. The van der Waals surface area contributed by atoms with Gasteiger partial charge >= 0.3 is 0 Å². The van der Waals surface area contributed by atoms with E-state index in [1.165, 1.54) is 0 Å². The van der Waals surface area contributed by atoms with Crippen LogP contribution >= 0.6 is 0 Å². The first-order valence-electron chi connectivity index (χ1n) is 3.57. The van der Waals surface area contributed by atoms with Gasteiger partial charge in [0.1, 0.15) is 5.84 Å². The van der Waals surface area contributed by atoms with Crippen molar-refractivity contribution in [3.63, 3.8) is 0 Å². The van der Waals surface area contributed by atoms with Crippen molar-refractivity contribution in [1.82, 2.24) is 0 Å². The molecule has 0 aromatic heterocycles. The SMILES string of the molecule is C=C1CN=C(N)/C1=C/C=C\C. The van der Waals surface area contributed by atoms with Crippen LogP contribution in [0.25, 0.3) is 0 Å². The fraction of sp³-hybridized carbons (Fsp3) is 0.222. The Morgan fingerprint density at radius 1 is 1.64 bits per heavy atom. The fourth-order valence-corrected chi connectivity index (χ4v) is 0.928. The highest BCUT2D eigenvalue weighted by atomic mass is 14.9. The number of hydrogen-bond donors (Lipinski definition) is 1. The largest absolute Gasteiger partial charge is 0.383 e. The molecule has 2 nitrogen and oxygen atoms in total. The summed E-state index contributed by atoms with van der Waals surface area (Å²) in [5, 5.41) is 0. The highest BCUT2D eigenvalue weighted by molar-refractivity contribution is 6.03. The maximum Gasteiger partial charge on any atom is 0.126 e. The van der Waals surface area contributed by atoms with Gasteiger partial charge in [0.15, 0.2) is 0 Å². The van der Waals surface area contributed by atoms with E-state index in [-0.39, 0.29) is 0 Å². The third-order valence-electron chi connectivity index (χ3n) is 1.55. The number of rotatable bonds is 1. The first-order valence-corrected chi connectivity index (χ1v) is 3.57. The summed E-state index contributed by atoms with van der Waals surface area (Å²) in [5.41, 5.74) is 7.57. The van der Waals surface area contributed by atoms with E-state index in [0.717, 1.165) is 11.1 Å². The molecule has 2 heteroatoms. The highest BCUT2D eigenvalue weighted by Gasteiger charge is 2.12. The van der Waals surface area contributed by atoms with Crippen molar-refractivity contribution in [2.24, 2.45) is 10.7 Å². The smallest absolute Gasteiger partial charge is 0.126 e. The molecular weight excluding hydrogens is 136 g/mol. The molecule has 0 aliphatic carbocycles. The first kappa shape index (κ1) is 7.79. The number of nitrogens with two attached hydrogens (primary N) is 1. The van der Waals surface area contributed by atoms with Crippen LogP contribution in [-0.4, -0.2) is 12.4 Å². The minimum absolute atomic E-state index is 0.605. The molecular formula is C9H12N2. The lowest BCUT2D eigenvalue weighted by atomic mass is 10.1. The van der Waals surface area contributed by atoms with Gasteiger partial charge in [0.25, 0.3) is 0 Å². The van der Waals surface area contributed by atoms with Gasteiger partial charge in [-0.05, 0) is 12.5 Å². The van der Waals surface area contributed by atoms with Gasteiger partial charge < -0.3 is 5.73 Å². The number of aliphatic imine (C=N–C) groups is 1. The van der Waals surface area contributed by atoms with E-state index in [9.17, 15) is 0 Å². The average molecular weight is 148 g/mol. The third kappa shape index (κ3) is 1.58. The molecule has 0 amide bonds. The van der Waals surface area contributed by atoms with Gasteiger partial charge in [-0.1, -0.05) is 24.8 Å². The van der Waals surface area contributed by atoms with Crippen molar-refractivity contribution in [2.75, 3.05) is 6.54 Å². The molecule has 0 bridgehead atoms. The molecule has 0 aromatic carbocycles. The fourth-order valence-electron chi connectivity index (χ4n) is 0.928. The maximum atomic E-state index is 5.60. The Balaban J connectivity index is 2.85. The molecule has 0 saturated carbocycles. The van der Waals surface area contributed by atoms with Crippen LogP contribution < -0.4 is 5.73 Å². The van der Waals surface area contributed by atoms with E-state index < -0.39 is 0 Å². The molecule has 0 saturated heterocycles. The molecule has 1 aliphatic rings. The van der Waals surface area contributed by atoms with Crippen LogP contribution in [-0.2, 0) is 0 Å². The number of allylic oxidation sites excluding steroid dienone is 3. The molecule has 0 fully saturated rings. The topological polar surface area (TPSA) is 38.4 Å². The second-order valence-corrected chi connectivity index (χ2v) is 2.41. The van der Waals surface area contributed by atoms with Crippen LogP contribution in [0, 0.1) is 0 Å². The molecule has 1 aliphatic heterocycles. The summed E-state index contributed by atoms with van der Waals surface area (Å²) in [7, 11) is 0. The Hall–Kier alpha value is -1.31. The summed E-state index contributed by atoms with van der Waals surface area (Å²) in [6, 6.07) is 0. The van der Waals surface area contributed by atoms with Crippen molar-refractivity contribution in [3.8, 4) is 0 Å². The van der Waals surface area contributed by atoms with E-state index in [4.69, 9.17) is 5.73 Å². The van der Waals surface area contributed by atoms with Crippen LogP contribution in [0.15, 0.2) is 40.9 Å². The van der Waals surface area contributed by atoms with Crippen molar-refractivity contribution >= 4 is 5.84 Å². The summed E-state index contributed by atoms with van der Waals surface area (Å²) >= 11 is 0. The second-order valence-electron chi connectivity index (χ2n) is 2.41. The minimum Gasteiger partial charge on any atom is -0.383 e. The molecule has 0 radical (unpaired) electrons. The zero-order valence-electron chi connectivity index (χ0n) is 6.67. The maximum absolute atomic E-state index is 5.60. The number of amidine groups is 1. The Labute approximate surface area is 66.8 Å². The summed E-state index contributed by atoms with van der Waals surface area (Å²) in [6.07, 6.45) is 5.83. The van der Waals surface area contributed by atoms with E-state index >= 15 is 0 Å². The molecule has 0 atom stereocenters. The molecule has 58 valence electrons. The Morgan fingerprint density at radius 3 is 2.82 bits per heavy atom. The standard InChI is InChI=1S/C9H12N2/c1-3-4-5-8-7(2)6-11-9(8)10/h3-5H,2,6H2,1H3,(H2,10,11)/b4-3-,8-5+. The summed E-state index contributed by atoms with van der Waals surface area (Å²) < 4.78 is 0. The average Bonchev–Trinajstić information content (AvgIpc) is 2.29. The zero-order chi connectivity index (χ0) is 8.27. The summed E-state index contributed by atoms with van der Waals surface area (Å²) in [4.78, 5) is 4.04. The van der Waals surface area contributed by atoms with Gasteiger partial charge in [-0.3, -0.25) is 4.99 Å². The van der Waals surface area contributed by atoms with E-state index in [2.05, 4.69) is 11.6 Å². The molecule has 0 spiro atoms. The highest BCUT2D eigenvalue weighted by Crippen LogP contribution is 2.15. The second kappa shape index (κ2) is 3.19. The summed E-state index contributed by atoms with van der Waals surface area (Å²) in [6.45, 7) is 6.45. The quantitative estimate of drug-likeness (QED) is 0.600. The van der Waals surface area contributed by atoms with Gasteiger partial charge in [0.05, 0.1) is 6.54 Å². The van der Waals surface area contributed by atoms with Gasteiger partial charge in [0.2, 0.25) is 0 Å². The molecule has 0 aromatic rings. The van der Waals surface area contributed by atoms with E-state index in [1.807, 2.05) is 25.2 Å². The van der Waals surface area contributed by atoms with Crippen LogP contribution in [0.3, 0.4) is 0 Å². The lowest BCUT2D eigenvalue weighted by molar-refractivity contribution is 1.23. The predicted molar refractivity (Wildman–Crippen MR) is 48.5 cm³/mol. The molecule has 0 unspecified atom stereocenters. The molecule has 1 heterocycles. The number of nitrogens with zero attached hydrogens (tertiary/aromatic N) is 1.